The first kappa shape index (κ1) is 16.2. The summed E-state index contributed by atoms with van der Waals surface area (Å²) in [5.74, 6) is 1.08. The lowest BCUT2D eigenvalue weighted by molar-refractivity contribution is 0.882. The van der Waals surface area contributed by atoms with Crippen molar-refractivity contribution in [2.75, 3.05) is 11.9 Å². The van der Waals surface area contributed by atoms with E-state index >= 15 is 0 Å². The Morgan fingerprint density at radius 2 is 1.44 bits per heavy atom. The molecule has 0 bridgehead atoms. The first-order valence-electron chi connectivity index (χ1n) is 9.07. The highest BCUT2D eigenvalue weighted by Gasteiger charge is 2.23. The largest absolute Gasteiger partial charge is 0.369 e. The van der Waals surface area contributed by atoms with Gasteiger partial charge in [-0.15, -0.1) is 0 Å². The van der Waals surface area contributed by atoms with Crippen LogP contribution in [0, 0.1) is 0 Å². The predicted octanol–water partition coefficient (Wildman–Crippen LogP) is 5.83. The zero-order valence-electron chi connectivity index (χ0n) is 14.7. The molecule has 0 aliphatic carbocycles. The van der Waals surface area contributed by atoms with E-state index < -0.39 is 0 Å². The van der Waals surface area contributed by atoms with Crippen LogP contribution < -0.4 is 5.32 Å². The molecular weight excluding hydrogens is 354 g/mol. The molecule has 0 radical (unpaired) electrons. The third-order valence-corrected chi connectivity index (χ3v) is 5.24. The fourth-order valence-electron chi connectivity index (χ4n) is 3.63. The minimum Gasteiger partial charge on any atom is -0.369 e. The maximum atomic E-state index is 6.04. The Morgan fingerprint density at radius 1 is 0.778 bits per heavy atom. The summed E-state index contributed by atoms with van der Waals surface area (Å²) in [6.07, 6.45) is 0.985. The van der Waals surface area contributed by atoms with Crippen molar-refractivity contribution < 1.29 is 0 Å². The van der Waals surface area contributed by atoms with Gasteiger partial charge in [0.2, 0.25) is 0 Å². The van der Waals surface area contributed by atoms with Crippen LogP contribution in [-0.4, -0.2) is 16.3 Å². The number of nitrogens with one attached hydrogen (secondary N) is 1. The molecule has 0 fully saturated rings. The van der Waals surface area contributed by atoms with E-state index in [1.807, 2.05) is 35.0 Å². The molecule has 1 aliphatic rings. The Kier molecular flexibility index (Phi) is 3.95. The molecule has 0 unspecified atom stereocenters. The Labute approximate surface area is 163 Å². The Morgan fingerprint density at radius 3 is 2.19 bits per heavy atom. The van der Waals surface area contributed by atoms with E-state index in [4.69, 9.17) is 16.7 Å². The number of halogens is 1. The second-order valence-electron chi connectivity index (χ2n) is 6.68. The van der Waals surface area contributed by atoms with Crippen LogP contribution in [0.4, 0.5) is 5.82 Å². The quantitative estimate of drug-likeness (QED) is 0.491. The minimum absolute atomic E-state index is 0.729. The number of hydrogen-bond acceptors (Lipinski definition) is 2. The molecule has 4 aromatic rings. The fraction of sp³-hybridized carbons (Fsp3) is 0.0870. The van der Waals surface area contributed by atoms with Gasteiger partial charge in [-0.2, -0.15) is 5.10 Å². The zero-order chi connectivity index (χ0) is 18.2. The SMILES string of the molecule is Clc1ccc(-n2nc(-c3ccc(-c4ccccc4)cc3)c3c2NCC3)cc1. The van der Waals surface area contributed by atoms with Crippen molar-refractivity contribution in [2.24, 2.45) is 0 Å². The summed E-state index contributed by atoms with van der Waals surface area (Å²) in [4.78, 5) is 0. The van der Waals surface area contributed by atoms with E-state index in [9.17, 15) is 0 Å². The molecule has 0 amide bonds. The van der Waals surface area contributed by atoms with E-state index in [0.717, 1.165) is 40.8 Å². The topological polar surface area (TPSA) is 29.9 Å². The van der Waals surface area contributed by atoms with Gasteiger partial charge in [0.15, 0.2) is 0 Å². The third-order valence-electron chi connectivity index (χ3n) is 4.99. The van der Waals surface area contributed by atoms with Gasteiger partial charge in [0.05, 0.1) is 11.4 Å². The zero-order valence-corrected chi connectivity index (χ0v) is 15.4. The molecule has 0 spiro atoms. The van der Waals surface area contributed by atoms with Crippen molar-refractivity contribution in [1.29, 1.82) is 0 Å². The van der Waals surface area contributed by atoms with Gasteiger partial charge in [0.25, 0.3) is 0 Å². The van der Waals surface area contributed by atoms with Gasteiger partial charge in [0, 0.05) is 22.7 Å². The lowest BCUT2D eigenvalue weighted by Crippen LogP contribution is -2.04. The molecule has 2 heterocycles. The molecule has 132 valence electrons. The van der Waals surface area contributed by atoms with Gasteiger partial charge < -0.3 is 5.32 Å². The van der Waals surface area contributed by atoms with Crippen LogP contribution in [0.1, 0.15) is 5.56 Å². The maximum Gasteiger partial charge on any atom is 0.133 e. The Bertz CT molecular complexity index is 1080. The number of hydrogen-bond donors (Lipinski definition) is 1. The molecule has 1 N–H and O–H groups in total. The Balaban J connectivity index is 1.56. The molecule has 1 aromatic heterocycles. The summed E-state index contributed by atoms with van der Waals surface area (Å²) in [5.41, 5.74) is 6.91. The van der Waals surface area contributed by atoms with Crippen LogP contribution in [0.15, 0.2) is 78.9 Å². The van der Waals surface area contributed by atoms with Crippen LogP contribution in [-0.2, 0) is 6.42 Å². The second kappa shape index (κ2) is 6.60. The van der Waals surface area contributed by atoms with Gasteiger partial charge in [-0.3, -0.25) is 0 Å². The molecule has 0 saturated carbocycles. The van der Waals surface area contributed by atoms with Crippen LogP contribution in [0.25, 0.3) is 28.1 Å². The maximum absolute atomic E-state index is 6.04. The average molecular weight is 372 g/mol. The van der Waals surface area contributed by atoms with Crippen molar-refractivity contribution in [3.63, 3.8) is 0 Å². The highest BCUT2D eigenvalue weighted by molar-refractivity contribution is 6.30. The molecule has 4 heteroatoms. The monoisotopic (exact) mass is 371 g/mol. The summed E-state index contributed by atoms with van der Waals surface area (Å²) in [6, 6.07) is 26.9. The van der Waals surface area contributed by atoms with Crippen LogP contribution in [0.3, 0.4) is 0 Å². The van der Waals surface area contributed by atoms with Gasteiger partial charge in [-0.25, -0.2) is 4.68 Å². The molecule has 5 rings (SSSR count). The third kappa shape index (κ3) is 2.90. The van der Waals surface area contributed by atoms with E-state index in [2.05, 4.69) is 53.8 Å². The predicted molar refractivity (Wildman–Crippen MR) is 112 cm³/mol. The van der Waals surface area contributed by atoms with Crippen LogP contribution >= 0.6 is 11.6 Å². The second-order valence-corrected chi connectivity index (χ2v) is 7.12. The number of anilines is 1. The highest BCUT2D eigenvalue weighted by atomic mass is 35.5. The van der Waals surface area contributed by atoms with E-state index in [0.29, 0.717) is 0 Å². The smallest absolute Gasteiger partial charge is 0.133 e. The number of nitrogens with zero attached hydrogens (tertiary/aromatic N) is 2. The molecule has 0 saturated heterocycles. The molecule has 3 nitrogen and oxygen atoms in total. The normalized spacial score (nSPS) is 12.6. The number of benzene rings is 3. The number of aromatic nitrogens is 2. The number of fused-ring (bicyclic) bond motifs is 1. The van der Waals surface area contributed by atoms with Gasteiger partial charge in [-0.05, 0) is 41.8 Å². The van der Waals surface area contributed by atoms with Gasteiger partial charge in [0.1, 0.15) is 5.82 Å². The molecular formula is C23H18ClN3. The molecule has 1 aliphatic heterocycles. The lowest BCUT2D eigenvalue weighted by Gasteiger charge is -2.06. The van der Waals surface area contributed by atoms with Crippen LogP contribution in [0.2, 0.25) is 5.02 Å². The van der Waals surface area contributed by atoms with Crippen molar-refractivity contribution >= 4 is 17.4 Å². The fourth-order valence-corrected chi connectivity index (χ4v) is 3.75. The molecule has 0 atom stereocenters. The average Bonchev–Trinajstić information content (AvgIpc) is 3.33. The summed E-state index contributed by atoms with van der Waals surface area (Å²) >= 11 is 6.04. The summed E-state index contributed by atoms with van der Waals surface area (Å²) in [7, 11) is 0. The van der Waals surface area contributed by atoms with Crippen LogP contribution in [0.5, 0.6) is 0 Å². The van der Waals surface area contributed by atoms with Crippen molar-refractivity contribution in [3.8, 4) is 28.1 Å². The molecule has 3 aromatic carbocycles. The van der Waals surface area contributed by atoms with Crippen molar-refractivity contribution in [2.45, 2.75) is 6.42 Å². The van der Waals surface area contributed by atoms with E-state index in [1.165, 1.54) is 16.7 Å². The Hall–Kier alpha value is -3.04. The first-order valence-corrected chi connectivity index (χ1v) is 9.45. The lowest BCUT2D eigenvalue weighted by atomic mass is 10.0. The van der Waals surface area contributed by atoms with Gasteiger partial charge >= 0.3 is 0 Å². The standard InChI is InChI=1S/C23H18ClN3/c24-19-10-12-20(13-11-19)27-23-21(14-15-25-23)22(26-27)18-8-6-17(7-9-18)16-4-2-1-3-5-16/h1-13,25H,14-15H2. The molecule has 27 heavy (non-hydrogen) atoms. The van der Waals surface area contributed by atoms with Crippen molar-refractivity contribution in [1.82, 2.24) is 9.78 Å². The number of rotatable bonds is 3. The summed E-state index contributed by atoms with van der Waals surface area (Å²) in [5, 5.41) is 9.12. The summed E-state index contributed by atoms with van der Waals surface area (Å²) < 4.78 is 1.99. The highest BCUT2D eigenvalue weighted by Crippen LogP contribution is 2.35. The van der Waals surface area contributed by atoms with E-state index in [1.54, 1.807) is 0 Å². The first-order chi connectivity index (χ1) is 13.3. The minimum atomic E-state index is 0.729. The van der Waals surface area contributed by atoms with E-state index in [-0.39, 0.29) is 0 Å². The van der Waals surface area contributed by atoms with Crippen molar-refractivity contribution in [3.05, 3.63) is 89.4 Å². The van der Waals surface area contributed by atoms with Gasteiger partial charge in [-0.1, -0.05) is 66.2 Å². The summed E-state index contributed by atoms with van der Waals surface area (Å²) in [6.45, 7) is 0.940.